The summed E-state index contributed by atoms with van der Waals surface area (Å²) in [4.78, 5) is 32.8. The number of carbonyl (C=O) groups is 2. The number of hydrogen-bond donors (Lipinski definition) is 2. The van der Waals surface area contributed by atoms with Crippen LogP contribution in [-0.4, -0.2) is 41.7 Å². The van der Waals surface area contributed by atoms with Gasteiger partial charge in [-0.05, 0) is 55.7 Å². The zero-order chi connectivity index (χ0) is 39.9. The second-order valence-electron chi connectivity index (χ2n) is 15.1. The number of aromatic amines is 1. The molecule has 2 aromatic carbocycles. The molecule has 1 amide bonds. The number of esters is 1. The van der Waals surface area contributed by atoms with E-state index in [1.54, 1.807) is 36.4 Å². The van der Waals surface area contributed by atoms with E-state index in [0.29, 0.717) is 59.8 Å². The number of anilines is 1. The molecule has 0 aliphatic rings. The highest BCUT2D eigenvalue weighted by atomic mass is 16.5. The van der Waals surface area contributed by atoms with Crippen LogP contribution < -0.4 is 24.3 Å². The number of imidazole rings is 1. The van der Waals surface area contributed by atoms with Crippen LogP contribution in [0.1, 0.15) is 196 Å². The second-order valence-corrected chi connectivity index (χ2v) is 15.1. The van der Waals surface area contributed by atoms with Gasteiger partial charge in [0.15, 0.2) is 11.5 Å². The molecule has 1 aromatic heterocycles. The number of nitrogens with zero attached hydrogens (tertiary/aromatic N) is 1. The average molecular weight is 776 g/mol. The van der Waals surface area contributed by atoms with Crippen LogP contribution in [-0.2, 0) is 0 Å². The fraction of sp³-hybridized carbons (Fsp3) is 0.638. The number of H-pyrrole nitrogens is 1. The van der Waals surface area contributed by atoms with Gasteiger partial charge in [0.05, 0.1) is 37.9 Å². The van der Waals surface area contributed by atoms with Crippen molar-refractivity contribution in [3.05, 3.63) is 60.2 Å². The van der Waals surface area contributed by atoms with Crippen LogP contribution in [0.25, 0.3) is 0 Å². The maximum Gasteiger partial charge on any atom is 0.343 e. The number of amides is 1. The fourth-order valence-corrected chi connectivity index (χ4v) is 6.65. The molecule has 0 saturated carbocycles. The molecule has 0 unspecified atom stereocenters. The van der Waals surface area contributed by atoms with E-state index >= 15 is 0 Å². The predicted octanol–water partition coefficient (Wildman–Crippen LogP) is 13.4. The summed E-state index contributed by atoms with van der Waals surface area (Å²) < 4.78 is 25.1. The first-order valence-corrected chi connectivity index (χ1v) is 22.2. The van der Waals surface area contributed by atoms with Gasteiger partial charge >= 0.3 is 5.97 Å². The minimum Gasteiger partial charge on any atom is -0.490 e. The fourth-order valence-electron chi connectivity index (χ4n) is 6.65. The summed E-state index contributed by atoms with van der Waals surface area (Å²) in [5, 5.41) is 2.80. The Bertz CT molecular complexity index is 1400. The van der Waals surface area contributed by atoms with Crippen LogP contribution in [0.3, 0.4) is 0 Å². The maximum atomic E-state index is 13.7. The van der Waals surface area contributed by atoms with Crippen LogP contribution in [0.5, 0.6) is 23.0 Å². The van der Waals surface area contributed by atoms with E-state index in [0.717, 1.165) is 38.5 Å². The van der Waals surface area contributed by atoms with Gasteiger partial charge in [-0.15, -0.1) is 0 Å². The summed E-state index contributed by atoms with van der Waals surface area (Å²) >= 11 is 0. The Hall–Kier alpha value is -4.01. The molecular weight excluding hydrogens is 703 g/mol. The van der Waals surface area contributed by atoms with E-state index in [1.165, 1.54) is 128 Å². The highest BCUT2D eigenvalue weighted by Crippen LogP contribution is 2.40. The van der Waals surface area contributed by atoms with Crippen LogP contribution in [0, 0.1) is 0 Å². The van der Waals surface area contributed by atoms with E-state index in [9.17, 15) is 9.59 Å². The van der Waals surface area contributed by atoms with Crippen LogP contribution in [0.2, 0.25) is 0 Å². The Balaban J connectivity index is 1.71. The number of aromatic nitrogens is 2. The number of benzene rings is 2. The lowest BCUT2D eigenvalue weighted by Crippen LogP contribution is -2.13. The molecule has 56 heavy (non-hydrogen) atoms. The standard InChI is InChI=1S/C47H73N3O6/c1-4-7-10-13-16-19-22-25-32-53-43-35-39(47(52)56-41-30-28-40(29-31-41)50-46(51)42-37-48-38-49-42)36-44(54-33-26-23-20-17-14-11-8-5-2)45(43)55-34-27-24-21-18-15-12-9-6-3/h28-31,35-38H,4-27,32-34H2,1-3H3,(H,48,49)(H,50,51). The van der Waals surface area contributed by atoms with Gasteiger partial charge in [0.25, 0.3) is 5.91 Å². The number of nitrogens with one attached hydrogen (secondary N) is 2. The molecule has 0 aliphatic heterocycles. The Morgan fingerprint density at radius 3 is 1.43 bits per heavy atom. The topological polar surface area (TPSA) is 112 Å². The maximum absolute atomic E-state index is 13.7. The summed E-state index contributed by atoms with van der Waals surface area (Å²) in [6, 6.07) is 10.2. The molecule has 0 radical (unpaired) electrons. The van der Waals surface area contributed by atoms with Crippen molar-refractivity contribution in [1.82, 2.24) is 9.97 Å². The molecule has 9 heteroatoms. The first kappa shape index (κ1) is 46.4. The molecule has 3 aromatic rings. The van der Waals surface area contributed by atoms with Gasteiger partial charge in [-0.1, -0.05) is 156 Å². The van der Waals surface area contributed by atoms with E-state index in [2.05, 4.69) is 36.1 Å². The molecular formula is C47H73N3O6. The molecule has 0 aliphatic carbocycles. The third-order valence-electron chi connectivity index (χ3n) is 10.1. The molecule has 312 valence electrons. The molecule has 0 bridgehead atoms. The Labute approximate surface area is 338 Å². The molecule has 0 saturated heterocycles. The van der Waals surface area contributed by atoms with Crippen LogP contribution in [0.15, 0.2) is 48.9 Å². The lowest BCUT2D eigenvalue weighted by atomic mass is 10.1. The number of rotatable bonds is 34. The van der Waals surface area contributed by atoms with Crippen LogP contribution >= 0.6 is 0 Å². The van der Waals surface area contributed by atoms with Gasteiger partial charge in [-0.3, -0.25) is 4.79 Å². The Morgan fingerprint density at radius 2 is 1.00 bits per heavy atom. The third-order valence-corrected chi connectivity index (χ3v) is 10.1. The third kappa shape index (κ3) is 19.7. The zero-order valence-corrected chi connectivity index (χ0v) is 35.1. The quantitative estimate of drug-likeness (QED) is 0.0353. The van der Waals surface area contributed by atoms with Crippen molar-refractivity contribution in [3.8, 4) is 23.0 Å². The normalized spacial score (nSPS) is 11.1. The van der Waals surface area contributed by atoms with Crippen molar-refractivity contribution in [2.45, 2.75) is 175 Å². The monoisotopic (exact) mass is 776 g/mol. The lowest BCUT2D eigenvalue weighted by molar-refractivity contribution is 0.0733. The molecule has 0 spiro atoms. The predicted molar refractivity (Wildman–Crippen MR) is 229 cm³/mol. The largest absolute Gasteiger partial charge is 0.490 e. The van der Waals surface area contributed by atoms with Gasteiger partial charge in [0, 0.05) is 5.69 Å². The minimum absolute atomic E-state index is 0.309. The summed E-state index contributed by atoms with van der Waals surface area (Å²) in [6.07, 6.45) is 31.9. The molecule has 1 heterocycles. The van der Waals surface area contributed by atoms with Crippen molar-refractivity contribution in [3.63, 3.8) is 0 Å². The van der Waals surface area contributed by atoms with E-state index in [4.69, 9.17) is 18.9 Å². The summed E-state index contributed by atoms with van der Waals surface area (Å²) in [6.45, 7) is 8.37. The van der Waals surface area contributed by atoms with Crippen molar-refractivity contribution in [2.75, 3.05) is 25.1 Å². The highest BCUT2D eigenvalue weighted by Gasteiger charge is 2.21. The van der Waals surface area contributed by atoms with Gasteiger partial charge in [0.1, 0.15) is 11.4 Å². The molecule has 3 rings (SSSR count). The Kier molecular flexibility index (Phi) is 25.0. The number of carbonyl (C=O) groups excluding carboxylic acids is 2. The average Bonchev–Trinajstić information content (AvgIpc) is 3.76. The van der Waals surface area contributed by atoms with E-state index in [1.807, 2.05) is 0 Å². The lowest BCUT2D eigenvalue weighted by Gasteiger charge is -2.19. The summed E-state index contributed by atoms with van der Waals surface area (Å²) in [7, 11) is 0. The number of unbranched alkanes of at least 4 members (excludes halogenated alkanes) is 21. The first-order chi connectivity index (χ1) is 27.5. The smallest absolute Gasteiger partial charge is 0.343 e. The van der Waals surface area contributed by atoms with E-state index < -0.39 is 5.97 Å². The summed E-state index contributed by atoms with van der Waals surface area (Å²) in [5.74, 6) is 1.13. The van der Waals surface area contributed by atoms with Gasteiger partial charge in [-0.25, -0.2) is 9.78 Å². The first-order valence-electron chi connectivity index (χ1n) is 22.2. The number of ether oxygens (including phenoxy) is 4. The molecule has 0 atom stereocenters. The number of hydrogen-bond acceptors (Lipinski definition) is 7. The van der Waals surface area contributed by atoms with E-state index in [-0.39, 0.29) is 5.91 Å². The summed E-state index contributed by atoms with van der Waals surface area (Å²) in [5.41, 5.74) is 1.25. The van der Waals surface area contributed by atoms with Crippen LogP contribution in [0.4, 0.5) is 5.69 Å². The minimum atomic E-state index is -0.525. The second kappa shape index (κ2) is 30.2. The van der Waals surface area contributed by atoms with Crippen molar-refractivity contribution >= 4 is 17.6 Å². The van der Waals surface area contributed by atoms with Crippen molar-refractivity contribution in [2.24, 2.45) is 0 Å². The molecule has 9 nitrogen and oxygen atoms in total. The molecule has 2 N–H and O–H groups in total. The molecule has 0 fully saturated rings. The van der Waals surface area contributed by atoms with Gasteiger partial charge in [-0.2, -0.15) is 0 Å². The van der Waals surface area contributed by atoms with Crippen molar-refractivity contribution in [1.29, 1.82) is 0 Å². The van der Waals surface area contributed by atoms with Gasteiger partial charge < -0.3 is 29.2 Å². The van der Waals surface area contributed by atoms with Gasteiger partial charge in [0.2, 0.25) is 5.75 Å². The Morgan fingerprint density at radius 1 is 0.571 bits per heavy atom. The van der Waals surface area contributed by atoms with Crippen molar-refractivity contribution < 1.29 is 28.5 Å². The zero-order valence-electron chi connectivity index (χ0n) is 35.1. The SMILES string of the molecule is CCCCCCCCCCOc1cc(C(=O)Oc2ccc(NC(=O)c3cnc[nH]3)cc2)cc(OCCCCCCCCCC)c1OCCCCCCCCCC. The highest BCUT2D eigenvalue weighted by molar-refractivity contribution is 6.02.